The molecule has 0 N–H and O–H groups in total. The van der Waals surface area contributed by atoms with Gasteiger partial charge < -0.3 is 4.42 Å². The van der Waals surface area contributed by atoms with Crippen molar-refractivity contribution in [2.75, 3.05) is 0 Å². The zero-order valence-electron chi connectivity index (χ0n) is 13.8. The molecule has 1 fully saturated rings. The Bertz CT molecular complexity index is 1010. The number of thioether (sulfide) groups is 1. The Labute approximate surface area is 158 Å². The Morgan fingerprint density at radius 1 is 1.23 bits per heavy atom. The molecule has 0 radical (unpaired) electrons. The Balaban J connectivity index is 1.37. The second-order valence-corrected chi connectivity index (χ2v) is 7.86. The van der Waals surface area contributed by atoms with Crippen LogP contribution in [0, 0.1) is 0 Å². The molecule has 0 saturated heterocycles. The van der Waals surface area contributed by atoms with Crippen molar-refractivity contribution >= 4 is 23.1 Å². The van der Waals surface area contributed by atoms with Crippen LogP contribution in [0.3, 0.4) is 0 Å². The standard InChI is InChI=1S/C18H15N5OS2/c1-3-12(9-19-7-1)16-21-22-18(23(16)14-5-6-14)26-11-13-10-25-17(20-13)15-4-2-8-24-15/h1-4,7-10,14H,5-6,11H2. The van der Waals surface area contributed by atoms with E-state index in [1.807, 2.05) is 30.5 Å². The van der Waals surface area contributed by atoms with Crippen LogP contribution in [0.5, 0.6) is 0 Å². The van der Waals surface area contributed by atoms with Gasteiger partial charge in [0, 0.05) is 35.1 Å². The molecule has 0 bridgehead atoms. The summed E-state index contributed by atoms with van der Waals surface area (Å²) < 4.78 is 7.67. The van der Waals surface area contributed by atoms with E-state index in [0.29, 0.717) is 6.04 Å². The van der Waals surface area contributed by atoms with Crippen LogP contribution in [0.1, 0.15) is 24.6 Å². The number of hydrogen-bond acceptors (Lipinski definition) is 7. The molecule has 0 aliphatic heterocycles. The van der Waals surface area contributed by atoms with E-state index in [-0.39, 0.29) is 0 Å². The van der Waals surface area contributed by atoms with Gasteiger partial charge >= 0.3 is 0 Å². The van der Waals surface area contributed by atoms with Crippen molar-refractivity contribution in [3.8, 4) is 22.2 Å². The summed E-state index contributed by atoms with van der Waals surface area (Å²) in [4.78, 5) is 8.87. The third kappa shape index (κ3) is 3.06. The van der Waals surface area contributed by atoms with Crippen molar-refractivity contribution in [3.63, 3.8) is 0 Å². The number of nitrogens with zero attached hydrogens (tertiary/aromatic N) is 5. The molecule has 4 heterocycles. The van der Waals surface area contributed by atoms with Crippen LogP contribution in [-0.4, -0.2) is 24.7 Å². The summed E-state index contributed by atoms with van der Waals surface area (Å²) in [5.41, 5.74) is 2.03. The minimum absolute atomic E-state index is 0.497. The quantitative estimate of drug-likeness (QED) is 0.452. The van der Waals surface area contributed by atoms with Gasteiger partial charge in [-0.05, 0) is 37.1 Å². The molecule has 0 unspecified atom stereocenters. The van der Waals surface area contributed by atoms with Crippen LogP contribution in [0.25, 0.3) is 22.2 Å². The Morgan fingerprint density at radius 3 is 2.96 bits per heavy atom. The summed E-state index contributed by atoms with van der Waals surface area (Å²) in [6.07, 6.45) is 7.64. The molecule has 6 nitrogen and oxygen atoms in total. The highest BCUT2D eigenvalue weighted by molar-refractivity contribution is 7.98. The molecular formula is C18H15N5OS2. The van der Waals surface area contributed by atoms with Crippen LogP contribution >= 0.6 is 23.1 Å². The molecular weight excluding hydrogens is 366 g/mol. The van der Waals surface area contributed by atoms with Gasteiger partial charge in [-0.3, -0.25) is 9.55 Å². The molecule has 0 atom stereocenters. The van der Waals surface area contributed by atoms with Gasteiger partial charge in [-0.15, -0.1) is 21.5 Å². The number of rotatable bonds is 6. The van der Waals surface area contributed by atoms with Crippen molar-refractivity contribution in [3.05, 3.63) is 54.0 Å². The number of thiazole rings is 1. The Hall–Kier alpha value is -2.45. The molecule has 1 saturated carbocycles. The van der Waals surface area contributed by atoms with E-state index in [0.717, 1.165) is 38.8 Å². The lowest BCUT2D eigenvalue weighted by atomic mass is 10.3. The molecule has 130 valence electrons. The average molecular weight is 381 g/mol. The maximum absolute atomic E-state index is 5.42. The van der Waals surface area contributed by atoms with Gasteiger partial charge in [0.1, 0.15) is 0 Å². The zero-order chi connectivity index (χ0) is 17.3. The van der Waals surface area contributed by atoms with E-state index in [4.69, 9.17) is 4.42 Å². The van der Waals surface area contributed by atoms with Crippen molar-refractivity contribution in [1.29, 1.82) is 0 Å². The summed E-state index contributed by atoms with van der Waals surface area (Å²) in [6, 6.07) is 8.26. The highest BCUT2D eigenvalue weighted by atomic mass is 32.2. The summed E-state index contributed by atoms with van der Waals surface area (Å²) >= 11 is 3.28. The maximum atomic E-state index is 5.42. The van der Waals surface area contributed by atoms with Crippen molar-refractivity contribution in [1.82, 2.24) is 24.7 Å². The number of aromatic nitrogens is 5. The highest BCUT2D eigenvalue weighted by Gasteiger charge is 2.30. The van der Waals surface area contributed by atoms with E-state index in [1.54, 1.807) is 35.6 Å². The molecule has 26 heavy (non-hydrogen) atoms. The molecule has 8 heteroatoms. The molecule has 0 aromatic carbocycles. The Kier molecular flexibility index (Phi) is 4.06. The smallest absolute Gasteiger partial charge is 0.192 e. The van der Waals surface area contributed by atoms with Gasteiger partial charge in [-0.25, -0.2) is 4.98 Å². The van der Waals surface area contributed by atoms with Gasteiger partial charge in [0.25, 0.3) is 0 Å². The first-order valence-electron chi connectivity index (χ1n) is 8.35. The van der Waals surface area contributed by atoms with Crippen molar-refractivity contribution in [2.45, 2.75) is 29.8 Å². The molecule has 0 spiro atoms. The van der Waals surface area contributed by atoms with Crippen LogP contribution in [0.15, 0.2) is 57.9 Å². The predicted molar refractivity (Wildman–Crippen MR) is 101 cm³/mol. The normalized spacial score (nSPS) is 14.0. The monoisotopic (exact) mass is 381 g/mol. The fourth-order valence-corrected chi connectivity index (χ4v) is 4.54. The first kappa shape index (κ1) is 15.8. The third-order valence-electron chi connectivity index (χ3n) is 4.13. The number of furan rings is 1. The molecule has 1 aliphatic rings. The number of pyridine rings is 1. The first-order valence-corrected chi connectivity index (χ1v) is 10.2. The minimum Gasteiger partial charge on any atom is -0.462 e. The Morgan fingerprint density at radius 2 is 2.19 bits per heavy atom. The van der Waals surface area contributed by atoms with Gasteiger partial charge in [-0.2, -0.15) is 0 Å². The van der Waals surface area contributed by atoms with Gasteiger partial charge in [-0.1, -0.05) is 11.8 Å². The largest absolute Gasteiger partial charge is 0.462 e. The molecule has 0 amide bonds. The molecule has 5 rings (SSSR count). The number of hydrogen-bond donors (Lipinski definition) is 0. The van der Waals surface area contributed by atoms with Crippen LogP contribution in [0.2, 0.25) is 0 Å². The fourth-order valence-electron chi connectivity index (χ4n) is 2.75. The lowest BCUT2D eigenvalue weighted by Gasteiger charge is -2.08. The van der Waals surface area contributed by atoms with Gasteiger partial charge in [0.05, 0.1) is 12.0 Å². The summed E-state index contributed by atoms with van der Waals surface area (Å²) in [5, 5.41) is 12.8. The topological polar surface area (TPSA) is 69.6 Å². The highest BCUT2D eigenvalue weighted by Crippen LogP contribution is 2.41. The van der Waals surface area contributed by atoms with Crippen LogP contribution in [-0.2, 0) is 5.75 Å². The van der Waals surface area contributed by atoms with E-state index < -0.39 is 0 Å². The molecule has 1 aliphatic carbocycles. The van der Waals surface area contributed by atoms with Gasteiger partial charge in [0.15, 0.2) is 21.7 Å². The van der Waals surface area contributed by atoms with E-state index >= 15 is 0 Å². The SMILES string of the molecule is c1cncc(-c2nnc(SCc3csc(-c4ccco4)n3)n2C2CC2)c1. The summed E-state index contributed by atoms with van der Waals surface area (Å²) in [7, 11) is 0. The van der Waals surface area contributed by atoms with E-state index in [9.17, 15) is 0 Å². The maximum Gasteiger partial charge on any atom is 0.192 e. The second kappa shape index (κ2) is 6.69. The lowest BCUT2D eigenvalue weighted by Crippen LogP contribution is -2.00. The summed E-state index contributed by atoms with van der Waals surface area (Å²) in [5.74, 6) is 2.47. The summed E-state index contributed by atoms with van der Waals surface area (Å²) in [6.45, 7) is 0. The fraction of sp³-hybridized carbons (Fsp3) is 0.222. The average Bonchev–Trinajstić information content (AvgIpc) is 3.10. The zero-order valence-corrected chi connectivity index (χ0v) is 15.4. The second-order valence-electron chi connectivity index (χ2n) is 6.06. The molecule has 4 aromatic heterocycles. The van der Waals surface area contributed by atoms with Crippen LogP contribution in [0.4, 0.5) is 0 Å². The lowest BCUT2D eigenvalue weighted by molar-refractivity contribution is 0.581. The minimum atomic E-state index is 0.497. The van der Waals surface area contributed by atoms with Crippen molar-refractivity contribution < 1.29 is 4.42 Å². The predicted octanol–water partition coefficient (Wildman–Crippen LogP) is 4.68. The van der Waals surface area contributed by atoms with Crippen LogP contribution < -0.4 is 0 Å². The third-order valence-corrected chi connectivity index (χ3v) is 6.01. The van der Waals surface area contributed by atoms with Gasteiger partial charge in [0.2, 0.25) is 0 Å². The first-order chi connectivity index (χ1) is 12.9. The van der Waals surface area contributed by atoms with E-state index in [1.165, 1.54) is 12.8 Å². The van der Waals surface area contributed by atoms with E-state index in [2.05, 4.69) is 30.1 Å². The van der Waals surface area contributed by atoms with Crippen molar-refractivity contribution in [2.24, 2.45) is 0 Å². The molecule has 4 aromatic rings.